The van der Waals surface area contributed by atoms with Crippen molar-refractivity contribution in [1.82, 2.24) is 10.6 Å². The fourth-order valence-electron chi connectivity index (χ4n) is 1.71. The Morgan fingerprint density at radius 2 is 2.20 bits per heavy atom. The lowest BCUT2D eigenvalue weighted by molar-refractivity contribution is -0.144. The van der Waals surface area contributed by atoms with Gasteiger partial charge in [-0.2, -0.15) is 0 Å². The quantitative estimate of drug-likeness (QED) is 0.628. The summed E-state index contributed by atoms with van der Waals surface area (Å²) < 4.78 is 4.76. The van der Waals surface area contributed by atoms with E-state index in [0.29, 0.717) is 0 Å². The van der Waals surface area contributed by atoms with Crippen LogP contribution in [0.2, 0.25) is 0 Å². The lowest BCUT2D eigenvalue weighted by atomic mass is 9.98. The molecule has 0 aliphatic carbocycles. The molecule has 0 spiro atoms. The molecule has 0 saturated carbocycles. The molecule has 1 rings (SSSR count). The normalized spacial score (nSPS) is 18.7. The van der Waals surface area contributed by atoms with Crippen molar-refractivity contribution in [2.75, 3.05) is 26.7 Å². The van der Waals surface area contributed by atoms with Crippen LogP contribution in [-0.4, -0.2) is 38.8 Å². The molecule has 0 amide bonds. The number of hydrogen-bond acceptors (Lipinski definition) is 4. The zero-order valence-corrected chi connectivity index (χ0v) is 9.88. The number of rotatable bonds is 6. The van der Waals surface area contributed by atoms with Crippen LogP contribution in [0.5, 0.6) is 0 Å². The fourth-order valence-corrected chi connectivity index (χ4v) is 1.71. The predicted molar refractivity (Wildman–Crippen MR) is 59.6 cm³/mol. The number of esters is 1. The highest BCUT2D eigenvalue weighted by atomic mass is 16.5. The first-order chi connectivity index (χ1) is 7.15. The second kappa shape index (κ2) is 6.08. The SMILES string of the molecule is COC(=O)C(NCCC1CNC1)C(C)C. The Balaban J connectivity index is 2.21. The van der Waals surface area contributed by atoms with Gasteiger partial charge in [-0.1, -0.05) is 13.8 Å². The monoisotopic (exact) mass is 214 g/mol. The molecule has 1 aliphatic heterocycles. The van der Waals surface area contributed by atoms with E-state index in [0.717, 1.165) is 32.0 Å². The van der Waals surface area contributed by atoms with Crippen molar-refractivity contribution in [2.24, 2.45) is 11.8 Å². The van der Waals surface area contributed by atoms with Gasteiger partial charge < -0.3 is 15.4 Å². The van der Waals surface area contributed by atoms with Crippen molar-refractivity contribution in [3.63, 3.8) is 0 Å². The van der Waals surface area contributed by atoms with Gasteiger partial charge in [0.15, 0.2) is 0 Å². The van der Waals surface area contributed by atoms with Crippen molar-refractivity contribution in [3.8, 4) is 0 Å². The van der Waals surface area contributed by atoms with Gasteiger partial charge in [-0.15, -0.1) is 0 Å². The molecule has 4 heteroatoms. The first-order valence-electron chi connectivity index (χ1n) is 5.67. The maximum absolute atomic E-state index is 11.4. The molecular weight excluding hydrogens is 192 g/mol. The van der Waals surface area contributed by atoms with E-state index < -0.39 is 0 Å². The van der Waals surface area contributed by atoms with Crippen LogP contribution in [0.4, 0.5) is 0 Å². The third kappa shape index (κ3) is 3.80. The molecule has 0 bridgehead atoms. The molecule has 4 nitrogen and oxygen atoms in total. The van der Waals surface area contributed by atoms with Crippen molar-refractivity contribution in [3.05, 3.63) is 0 Å². The Hall–Kier alpha value is -0.610. The Labute approximate surface area is 91.8 Å². The summed E-state index contributed by atoms with van der Waals surface area (Å²) in [6.45, 7) is 7.18. The van der Waals surface area contributed by atoms with E-state index in [4.69, 9.17) is 4.74 Å². The van der Waals surface area contributed by atoms with Gasteiger partial charge in [0.1, 0.15) is 6.04 Å². The molecule has 1 fully saturated rings. The zero-order valence-electron chi connectivity index (χ0n) is 9.88. The van der Waals surface area contributed by atoms with E-state index in [1.165, 1.54) is 7.11 Å². The van der Waals surface area contributed by atoms with Gasteiger partial charge in [0.2, 0.25) is 0 Å². The summed E-state index contributed by atoms with van der Waals surface area (Å²) in [5, 5.41) is 6.50. The predicted octanol–water partition coefficient (Wildman–Crippen LogP) is 0.383. The summed E-state index contributed by atoms with van der Waals surface area (Å²) in [7, 11) is 1.44. The largest absolute Gasteiger partial charge is 0.468 e. The van der Waals surface area contributed by atoms with Crippen LogP contribution in [0, 0.1) is 11.8 Å². The van der Waals surface area contributed by atoms with E-state index in [1.807, 2.05) is 13.8 Å². The fraction of sp³-hybridized carbons (Fsp3) is 0.909. The Morgan fingerprint density at radius 3 is 2.60 bits per heavy atom. The van der Waals surface area contributed by atoms with Crippen molar-refractivity contribution in [1.29, 1.82) is 0 Å². The molecule has 1 aliphatic rings. The third-order valence-electron chi connectivity index (χ3n) is 2.90. The van der Waals surface area contributed by atoms with E-state index >= 15 is 0 Å². The van der Waals surface area contributed by atoms with E-state index in [-0.39, 0.29) is 17.9 Å². The molecule has 0 radical (unpaired) electrons. The summed E-state index contributed by atoms with van der Waals surface area (Å²) in [5.74, 6) is 0.900. The first kappa shape index (κ1) is 12.5. The minimum absolute atomic E-state index is 0.156. The average molecular weight is 214 g/mol. The molecule has 1 unspecified atom stereocenters. The van der Waals surface area contributed by atoms with E-state index in [2.05, 4.69) is 10.6 Å². The van der Waals surface area contributed by atoms with Crippen LogP contribution < -0.4 is 10.6 Å². The molecule has 15 heavy (non-hydrogen) atoms. The van der Waals surface area contributed by atoms with Crippen LogP contribution in [0.25, 0.3) is 0 Å². The second-order valence-corrected chi connectivity index (χ2v) is 4.51. The lowest BCUT2D eigenvalue weighted by Gasteiger charge is -2.28. The van der Waals surface area contributed by atoms with Crippen molar-refractivity contribution in [2.45, 2.75) is 26.3 Å². The van der Waals surface area contributed by atoms with E-state index in [1.54, 1.807) is 0 Å². The molecule has 0 aromatic rings. The van der Waals surface area contributed by atoms with Crippen LogP contribution in [0.3, 0.4) is 0 Å². The van der Waals surface area contributed by atoms with Gasteiger partial charge in [0.05, 0.1) is 7.11 Å². The van der Waals surface area contributed by atoms with Crippen LogP contribution in [0.15, 0.2) is 0 Å². The van der Waals surface area contributed by atoms with Gasteiger partial charge in [-0.05, 0) is 37.9 Å². The topological polar surface area (TPSA) is 50.4 Å². The Bertz CT molecular complexity index is 203. The third-order valence-corrected chi connectivity index (χ3v) is 2.90. The van der Waals surface area contributed by atoms with Crippen molar-refractivity contribution >= 4 is 5.97 Å². The zero-order chi connectivity index (χ0) is 11.3. The summed E-state index contributed by atoms with van der Waals surface area (Å²) in [6.07, 6.45) is 1.13. The number of carbonyl (C=O) groups excluding carboxylic acids is 1. The maximum atomic E-state index is 11.4. The molecule has 1 atom stereocenters. The van der Waals surface area contributed by atoms with Crippen LogP contribution in [0.1, 0.15) is 20.3 Å². The highest BCUT2D eigenvalue weighted by Gasteiger charge is 2.23. The Kier molecular flexibility index (Phi) is 5.05. The summed E-state index contributed by atoms with van der Waals surface area (Å²) in [4.78, 5) is 11.4. The maximum Gasteiger partial charge on any atom is 0.323 e. The second-order valence-electron chi connectivity index (χ2n) is 4.51. The smallest absolute Gasteiger partial charge is 0.323 e. The molecule has 1 saturated heterocycles. The number of nitrogens with one attached hydrogen (secondary N) is 2. The number of carbonyl (C=O) groups is 1. The highest BCUT2D eigenvalue weighted by Crippen LogP contribution is 2.08. The summed E-state index contributed by atoms with van der Waals surface area (Å²) in [5.41, 5.74) is 0. The van der Waals surface area contributed by atoms with Crippen LogP contribution >= 0.6 is 0 Å². The number of hydrogen-bond donors (Lipinski definition) is 2. The van der Waals surface area contributed by atoms with Crippen LogP contribution in [-0.2, 0) is 9.53 Å². The standard InChI is InChI=1S/C11H22N2O2/c1-8(2)10(11(14)15-3)13-5-4-9-6-12-7-9/h8-10,12-13H,4-7H2,1-3H3. The minimum atomic E-state index is -0.164. The molecular formula is C11H22N2O2. The lowest BCUT2D eigenvalue weighted by Crippen LogP contribution is -2.46. The van der Waals surface area contributed by atoms with Gasteiger partial charge in [0, 0.05) is 0 Å². The summed E-state index contributed by atoms with van der Waals surface area (Å²) >= 11 is 0. The molecule has 1 heterocycles. The number of ether oxygens (including phenoxy) is 1. The minimum Gasteiger partial charge on any atom is -0.468 e. The Morgan fingerprint density at radius 1 is 1.53 bits per heavy atom. The molecule has 0 aromatic carbocycles. The van der Waals surface area contributed by atoms with Gasteiger partial charge in [-0.25, -0.2) is 0 Å². The highest BCUT2D eigenvalue weighted by molar-refractivity contribution is 5.75. The molecule has 2 N–H and O–H groups in total. The average Bonchev–Trinajstić information content (AvgIpc) is 2.13. The molecule has 0 aromatic heterocycles. The van der Waals surface area contributed by atoms with Gasteiger partial charge >= 0.3 is 5.97 Å². The molecule has 88 valence electrons. The van der Waals surface area contributed by atoms with E-state index in [9.17, 15) is 4.79 Å². The van der Waals surface area contributed by atoms with Gasteiger partial charge in [-0.3, -0.25) is 4.79 Å². The summed E-state index contributed by atoms with van der Waals surface area (Å²) in [6, 6.07) is -0.164. The van der Waals surface area contributed by atoms with Crippen molar-refractivity contribution < 1.29 is 9.53 Å². The number of methoxy groups -OCH3 is 1. The first-order valence-corrected chi connectivity index (χ1v) is 5.67. The van der Waals surface area contributed by atoms with Gasteiger partial charge in [0.25, 0.3) is 0 Å².